The summed E-state index contributed by atoms with van der Waals surface area (Å²) < 4.78 is 5.44. The van der Waals surface area contributed by atoms with Gasteiger partial charge >= 0.3 is 0 Å². The van der Waals surface area contributed by atoms with Crippen LogP contribution in [-0.4, -0.2) is 42.2 Å². The Hall–Kier alpha value is -2.99. The Morgan fingerprint density at radius 3 is 2.64 bits per heavy atom. The van der Waals surface area contributed by atoms with Gasteiger partial charge in [-0.3, -0.25) is 14.8 Å². The van der Waals surface area contributed by atoms with E-state index in [1.165, 1.54) is 0 Å². The Bertz CT molecular complexity index is 892. The summed E-state index contributed by atoms with van der Waals surface area (Å²) in [6.45, 7) is 3.15. The minimum atomic E-state index is -0.244. The van der Waals surface area contributed by atoms with Crippen LogP contribution in [0.3, 0.4) is 0 Å². The molecule has 1 saturated heterocycles. The van der Waals surface area contributed by atoms with Gasteiger partial charge in [0.15, 0.2) is 0 Å². The third-order valence-electron chi connectivity index (χ3n) is 4.24. The fourth-order valence-corrected chi connectivity index (χ4v) is 3.02. The molecule has 3 aromatic rings. The minimum Gasteiger partial charge on any atom is -0.378 e. The topological polar surface area (TPSA) is 67.4 Å². The van der Waals surface area contributed by atoms with Crippen LogP contribution in [0.4, 0.5) is 11.4 Å². The van der Waals surface area contributed by atoms with Gasteiger partial charge in [0.05, 0.1) is 24.4 Å². The number of carbonyl (C=O) groups is 1. The molecule has 0 radical (unpaired) electrons. The molecule has 6 nitrogen and oxygen atoms in total. The smallest absolute Gasteiger partial charge is 0.274 e. The summed E-state index contributed by atoms with van der Waals surface area (Å²) in [6, 6.07) is 13.1. The highest BCUT2D eigenvalue weighted by Crippen LogP contribution is 2.31. The average molecular weight is 334 g/mol. The monoisotopic (exact) mass is 334 g/mol. The second kappa shape index (κ2) is 6.86. The third kappa shape index (κ3) is 3.16. The average Bonchev–Trinajstić information content (AvgIpc) is 2.69. The first kappa shape index (κ1) is 15.5. The lowest BCUT2D eigenvalue weighted by atomic mass is 10.1. The van der Waals surface area contributed by atoms with Crippen molar-refractivity contribution in [2.24, 2.45) is 0 Å². The molecule has 1 amide bonds. The molecule has 1 N–H and O–H groups in total. The van der Waals surface area contributed by atoms with E-state index in [9.17, 15) is 4.79 Å². The van der Waals surface area contributed by atoms with Gasteiger partial charge in [-0.05, 0) is 36.4 Å². The molecule has 1 aliphatic rings. The molecule has 2 aromatic heterocycles. The third-order valence-corrected chi connectivity index (χ3v) is 4.24. The molecule has 126 valence electrons. The van der Waals surface area contributed by atoms with Crippen molar-refractivity contribution in [2.45, 2.75) is 0 Å². The van der Waals surface area contributed by atoms with Gasteiger partial charge in [-0.25, -0.2) is 0 Å². The number of nitrogens with one attached hydrogen (secondary N) is 1. The number of nitrogens with zero attached hydrogens (tertiary/aromatic N) is 3. The van der Waals surface area contributed by atoms with Crippen molar-refractivity contribution in [1.29, 1.82) is 0 Å². The minimum absolute atomic E-state index is 0.244. The van der Waals surface area contributed by atoms with Gasteiger partial charge in [-0.1, -0.05) is 6.07 Å². The van der Waals surface area contributed by atoms with E-state index >= 15 is 0 Å². The highest BCUT2D eigenvalue weighted by atomic mass is 16.5. The molecule has 1 fully saturated rings. The first-order valence-corrected chi connectivity index (χ1v) is 8.26. The van der Waals surface area contributed by atoms with Crippen LogP contribution in [0.1, 0.15) is 10.5 Å². The van der Waals surface area contributed by atoms with Crippen LogP contribution in [0, 0.1) is 0 Å². The van der Waals surface area contributed by atoms with E-state index in [2.05, 4.69) is 20.2 Å². The van der Waals surface area contributed by atoms with Gasteiger partial charge < -0.3 is 15.0 Å². The van der Waals surface area contributed by atoms with Gasteiger partial charge in [-0.2, -0.15) is 0 Å². The highest BCUT2D eigenvalue weighted by molar-refractivity contribution is 6.09. The molecule has 0 spiro atoms. The molecule has 0 unspecified atom stereocenters. The number of hydrogen-bond acceptors (Lipinski definition) is 5. The molecule has 0 atom stereocenters. The number of amides is 1. The Labute approximate surface area is 145 Å². The summed E-state index contributed by atoms with van der Waals surface area (Å²) in [5.74, 6) is -0.244. The van der Waals surface area contributed by atoms with Crippen molar-refractivity contribution >= 4 is 28.2 Å². The zero-order valence-corrected chi connectivity index (χ0v) is 13.7. The van der Waals surface area contributed by atoms with Crippen LogP contribution in [0.5, 0.6) is 0 Å². The Balaban J connectivity index is 1.70. The first-order valence-electron chi connectivity index (χ1n) is 8.26. The van der Waals surface area contributed by atoms with E-state index in [1.54, 1.807) is 30.6 Å². The highest BCUT2D eigenvalue weighted by Gasteiger charge is 2.17. The van der Waals surface area contributed by atoms with Crippen LogP contribution in [0.25, 0.3) is 10.9 Å². The van der Waals surface area contributed by atoms with Crippen LogP contribution in [-0.2, 0) is 4.74 Å². The Morgan fingerprint density at radius 1 is 1.00 bits per heavy atom. The van der Waals surface area contributed by atoms with E-state index in [1.807, 2.05) is 24.3 Å². The molecule has 0 saturated carbocycles. The van der Waals surface area contributed by atoms with Crippen LogP contribution in [0.15, 0.2) is 54.9 Å². The van der Waals surface area contributed by atoms with E-state index in [0.29, 0.717) is 11.4 Å². The zero-order chi connectivity index (χ0) is 17.1. The molecule has 1 aliphatic heterocycles. The molecular weight excluding hydrogens is 316 g/mol. The lowest BCUT2D eigenvalue weighted by Crippen LogP contribution is -2.36. The number of carbonyl (C=O) groups excluding carboxylic acids is 1. The summed E-state index contributed by atoms with van der Waals surface area (Å²) >= 11 is 0. The largest absolute Gasteiger partial charge is 0.378 e. The van der Waals surface area contributed by atoms with Gasteiger partial charge in [0.25, 0.3) is 5.91 Å². The number of ether oxygens (including phenoxy) is 1. The first-order chi connectivity index (χ1) is 12.3. The van der Waals surface area contributed by atoms with E-state index in [4.69, 9.17) is 4.74 Å². The van der Waals surface area contributed by atoms with Crippen LogP contribution in [0.2, 0.25) is 0 Å². The number of benzene rings is 1. The molecule has 3 heterocycles. The Kier molecular flexibility index (Phi) is 4.26. The number of rotatable bonds is 3. The fraction of sp³-hybridized carbons (Fsp3) is 0.211. The van der Waals surface area contributed by atoms with Crippen molar-refractivity contribution in [3.05, 3.63) is 60.6 Å². The number of anilines is 2. The number of pyridine rings is 2. The van der Waals surface area contributed by atoms with Crippen molar-refractivity contribution in [3.63, 3.8) is 0 Å². The number of fused-ring (bicyclic) bond motifs is 1. The molecular formula is C19H18N4O2. The van der Waals surface area contributed by atoms with Crippen LogP contribution < -0.4 is 10.2 Å². The molecule has 1 aromatic carbocycles. The predicted octanol–water partition coefficient (Wildman–Crippen LogP) is 2.72. The van der Waals surface area contributed by atoms with Gasteiger partial charge in [0.1, 0.15) is 5.69 Å². The number of morpholine rings is 1. The van der Waals surface area contributed by atoms with Gasteiger partial charge in [0.2, 0.25) is 0 Å². The maximum atomic E-state index is 12.4. The lowest BCUT2D eigenvalue weighted by Gasteiger charge is -2.30. The molecule has 4 rings (SSSR count). The van der Waals surface area contributed by atoms with Gasteiger partial charge in [-0.15, -0.1) is 0 Å². The fourth-order valence-electron chi connectivity index (χ4n) is 3.02. The van der Waals surface area contributed by atoms with E-state index in [-0.39, 0.29) is 5.91 Å². The van der Waals surface area contributed by atoms with Crippen molar-refractivity contribution in [3.8, 4) is 0 Å². The maximum absolute atomic E-state index is 12.4. The quantitative estimate of drug-likeness (QED) is 0.798. The van der Waals surface area contributed by atoms with E-state index in [0.717, 1.165) is 42.9 Å². The van der Waals surface area contributed by atoms with Crippen molar-refractivity contribution in [2.75, 3.05) is 36.5 Å². The van der Waals surface area contributed by atoms with Crippen LogP contribution >= 0.6 is 0 Å². The molecule has 0 bridgehead atoms. The summed E-state index contributed by atoms with van der Waals surface area (Å²) in [6.07, 6.45) is 3.34. The standard InChI is InChI=1S/C19H18N4O2/c24-19(16-5-1-2-8-20-16)22-15-6-7-17(23-10-12-25-13-11-23)14-4-3-9-21-18(14)15/h1-9H,10-13H2,(H,22,24). The SMILES string of the molecule is O=C(Nc1ccc(N2CCOCC2)c2cccnc12)c1ccccn1. The van der Waals surface area contributed by atoms with Crippen molar-refractivity contribution < 1.29 is 9.53 Å². The summed E-state index contributed by atoms with van der Waals surface area (Å²) in [5, 5.41) is 3.94. The molecule has 0 aliphatic carbocycles. The Morgan fingerprint density at radius 2 is 1.84 bits per heavy atom. The normalized spacial score (nSPS) is 14.5. The maximum Gasteiger partial charge on any atom is 0.274 e. The summed E-state index contributed by atoms with van der Waals surface area (Å²) in [4.78, 5) is 23.3. The van der Waals surface area contributed by atoms with Gasteiger partial charge in [0, 0.05) is 36.6 Å². The number of aromatic nitrogens is 2. The second-order valence-electron chi connectivity index (χ2n) is 5.80. The molecule has 25 heavy (non-hydrogen) atoms. The van der Waals surface area contributed by atoms with E-state index < -0.39 is 0 Å². The predicted molar refractivity (Wildman–Crippen MR) is 97.0 cm³/mol. The number of hydrogen-bond donors (Lipinski definition) is 1. The zero-order valence-electron chi connectivity index (χ0n) is 13.7. The van der Waals surface area contributed by atoms with Crippen molar-refractivity contribution in [1.82, 2.24) is 9.97 Å². The molecule has 6 heteroatoms. The summed E-state index contributed by atoms with van der Waals surface area (Å²) in [7, 11) is 0. The lowest BCUT2D eigenvalue weighted by molar-refractivity contribution is 0.102. The second-order valence-corrected chi connectivity index (χ2v) is 5.80. The summed E-state index contributed by atoms with van der Waals surface area (Å²) in [5.41, 5.74) is 2.95.